The minimum Gasteiger partial charge on any atom is -0.374 e. The van der Waals surface area contributed by atoms with Gasteiger partial charge in [0.05, 0.1) is 5.02 Å². The number of carbonyl (C=O) groups excluding carboxylic acids is 1. The molecule has 3 nitrogen and oxygen atoms in total. The standard InChI is InChI=1S/C14H20ClFN2O/c1-5-14(3,4)18-13(19)9(2)17-10-6-7-11(15)12(16)8-10/h6-9,17H,5H2,1-4H3,(H,18,19). The molecule has 0 aliphatic heterocycles. The van der Waals surface area contributed by atoms with Gasteiger partial charge in [0.1, 0.15) is 11.9 Å². The van der Waals surface area contributed by atoms with Crippen LogP contribution in [0, 0.1) is 5.82 Å². The molecule has 0 spiro atoms. The van der Waals surface area contributed by atoms with Gasteiger partial charge in [-0.2, -0.15) is 0 Å². The monoisotopic (exact) mass is 286 g/mol. The number of hydrogen-bond acceptors (Lipinski definition) is 2. The van der Waals surface area contributed by atoms with Gasteiger partial charge in [0.25, 0.3) is 0 Å². The van der Waals surface area contributed by atoms with Crippen molar-refractivity contribution >= 4 is 23.2 Å². The van der Waals surface area contributed by atoms with Gasteiger partial charge in [-0.3, -0.25) is 4.79 Å². The third-order valence-electron chi connectivity index (χ3n) is 3.04. The van der Waals surface area contributed by atoms with E-state index in [2.05, 4.69) is 10.6 Å². The summed E-state index contributed by atoms with van der Waals surface area (Å²) >= 11 is 5.60. The van der Waals surface area contributed by atoms with Crippen LogP contribution in [0.15, 0.2) is 18.2 Å². The molecule has 0 saturated carbocycles. The van der Waals surface area contributed by atoms with E-state index in [1.807, 2.05) is 20.8 Å². The minimum atomic E-state index is -0.506. The maximum absolute atomic E-state index is 13.3. The molecule has 106 valence electrons. The highest BCUT2D eigenvalue weighted by atomic mass is 35.5. The fourth-order valence-corrected chi connectivity index (χ4v) is 1.55. The van der Waals surface area contributed by atoms with Gasteiger partial charge < -0.3 is 10.6 Å². The highest BCUT2D eigenvalue weighted by Crippen LogP contribution is 2.19. The zero-order chi connectivity index (χ0) is 14.6. The summed E-state index contributed by atoms with van der Waals surface area (Å²) in [7, 11) is 0. The molecule has 0 saturated heterocycles. The number of nitrogens with one attached hydrogen (secondary N) is 2. The van der Waals surface area contributed by atoms with E-state index in [0.717, 1.165) is 6.42 Å². The molecular formula is C14H20ClFN2O. The SMILES string of the molecule is CCC(C)(C)NC(=O)C(C)Nc1ccc(Cl)c(F)c1. The van der Waals surface area contributed by atoms with Crippen molar-refractivity contribution in [2.75, 3.05) is 5.32 Å². The number of anilines is 1. The number of carbonyl (C=O) groups is 1. The molecule has 0 fully saturated rings. The van der Waals surface area contributed by atoms with Crippen LogP contribution in [-0.2, 0) is 4.79 Å². The summed E-state index contributed by atoms with van der Waals surface area (Å²) in [6.45, 7) is 7.65. The van der Waals surface area contributed by atoms with Crippen LogP contribution in [0.1, 0.15) is 34.1 Å². The number of halogens is 2. The van der Waals surface area contributed by atoms with Crippen LogP contribution < -0.4 is 10.6 Å². The van der Waals surface area contributed by atoms with Gasteiger partial charge in [0.15, 0.2) is 0 Å². The van der Waals surface area contributed by atoms with Crippen LogP contribution in [0.3, 0.4) is 0 Å². The van der Waals surface area contributed by atoms with Crippen molar-refractivity contribution in [3.63, 3.8) is 0 Å². The largest absolute Gasteiger partial charge is 0.374 e. The van der Waals surface area contributed by atoms with Crippen molar-refractivity contribution < 1.29 is 9.18 Å². The Bertz CT molecular complexity index is 463. The van der Waals surface area contributed by atoms with Gasteiger partial charge >= 0.3 is 0 Å². The summed E-state index contributed by atoms with van der Waals surface area (Å²) in [4.78, 5) is 12.0. The van der Waals surface area contributed by atoms with Gasteiger partial charge in [-0.25, -0.2) is 4.39 Å². The fraction of sp³-hybridized carbons (Fsp3) is 0.500. The van der Waals surface area contributed by atoms with Crippen LogP contribution in [0.5, 0.6) is 0 Å². The van der Waals surface area contributed by atoms with Crippen molar-refractivity contribution in [3.8, 4) is 0 Å². The van der Waals surface area contributed by atoms with Crippen molar-refractivity contribution in [2.24, 2.45) is 0 Å². The number of rotatable bonds is 5. The predicted octanol–water partition coefficient (Wildman–Crippen LogP) is 3.58. The van der Waals surface area contributed by atoms with E-state index in [1.165, 1.54) is 12.1 Å². The summed E-state index contributed by atoms with van der Waals surface area (Å²) in [5.41, 5.74) is 0.275. The Balaban J connectivity index is 2.66. The van der Waals surface area contributed by atoms with Crippen molar-refractivity contribution in [1.29, 1.82) is 0 Å². The summed E-state index contributed by atoms with van der Waals surface area (Å²) in [6.07, 6.45) is 0.834. The molecule has 0 bridgehead atoms. The summed E-state index contributed by atoms with van der Waals surface area (Å²) in [5.74, 6) is -0.629. The Labute approximate surface area is 118 Å². The lowest BCUT2D eigenvalue weighted by Gasteiger charge is -2.27. The second-order valence-electron chi connectivity index (χ2n) is 5.22. The van der Waals surface area contributed by atoms with Crippen LogP contribution in [0.4, 0.5) is 10.1 Å². The molecule has 0 aromatic heterocycles. The molecule has 1 aromatic rings. The molecule has 0 heterocycles. The van der Waals surface area contributed by atoms with E-state index in [9.17, 15) is 9.18 Å². The summed E-state index contributed by atoms with van der Waals surface area (Å²) in [5, 5.41) is 5.94. The minimum absolute atomic E-state index is 0.0646. The fourth-order valence-electron chi connectivity index (χ4n) is 1.43. The second-order valence-corrected chi connectivity index (χ2v) is 5.63. The van der Waals surface area contributed by atoms with Crippen molar-refractivity contribution in [2.45, 2.75) is 45.7 Å². The maximum atomic E-state index is 13.3. The Kier molecular flexibility index (Phi) is 5.18. The van der Waals surface area contributed by atoms with Crippen LogP contribution >= 0.6 is 11.6 Å². The lowest BCUT2D eigenvalue weighted by atomic mass is 10.0. The van der Waals surface area contributed by atoms with E-state index < -0.39 is 11.9 Å². The molecule has 2 N–H and O–H groups in total. The molecule has 0 radical (unpaired) electrons. The van der Waals surface area contributed by atoms with E-state index in [1.54, 1.807) is 13.0 Å². The average Bonchev–Trinajstić information content (AvgIpc) is 2.33. The Morgan fingerprint density at radius 1 is 1.47 bits per heavy atom. The van der Waals surface area contributed by atoms with E-state index in [0.29, 0.717) is 5.69 Å². The van der Waals surface area contributed by atoms with Crippen molar-refractivity contribution in [3.05, 3.63) is 29.0 Å². The first kappa shape index (κ1) is 15.8. The summed E-state index contributed by atoms with van der Waals surface area (Å²) < 4.78 is 13.3. The topological polar surface area (TPSA) is 41.1 Å². The smallest absolute Gasteiger partial charge is 0.242 e. The average molecular weight is 287 g/mol. The van der Waals surface area contributed by atoms with E-state index in [4.69, 9.17) is 11.6 Å². The van der Waals surface area contributed by atoms with Crippen LogP contribution in [0.2, 0.25) is 5.02 Å². The Morgan fingerprint density at radius 3 is 2.63 bits per heavy atom. The quantitative estimate of drug-likeness (QED) is 0.868. The first-order chi connectivity index (χ1) is 8.75. The molecular weight excluding hydrogens is 267 g/mol. The van der Waals surface area contributed by atoms with Gasteiger partial charge in [0, 0.05) is 11.2 Å². The molecule has 1 amide bonds. The molecule has 0 aliphatic carbocycles. The second kappa shape index (κ2) is 6.24. The molecule has 1 rings (SSSR count). The lowest BCUT2D eigenvalue weighted by molar-refractivity contribution is -0.123. The van der Waals surface area contributed by atoms with Gasteiger partial charge in [-0.1, -0.05) is 18.5 Å². The molecule has 19 heavy (non-hydrogen) atoms. The normalized spacial score (nSPS) is 12.9. The summed E-state index contributed by atoms with van der Waals surface area (Å²) in [6, 6.07) is 3.92. The van der Waals surface area contributed by atoms with Crippen LogP contribution in [0.25, 0.3) is 0 Å². The first-order valence-electron chi connectivity index (χ1n) is 6.29. The molecule has 0 aliphatic rings. The maximum Gasteiger partial charge on any atom is 0.242 e. The number of amides is 1. The van der Waals surface area contributed by atoms with Crippen LogP contribution in [-0.4, -0.2) is 17.5 Å². The Morgan fingerprint density at radius 2 is 2.11 bits per heavy atom. The molecule has 5 heteroatoms. The zero-order valence-electron chi connectivity index (χ0n) is 11.7. The lowest BCUT2D eigenvalue weighted by Crippen LogP contribution is -2.48. The van der Waals surface area contributed by atoms with Crippen molar-refractivity contribution in [1.82, 2.24) is 5.32 Å². The number of benzene rings is 1. The Hall–Kier alpha value is -1.29. The predicted molar refractivity (Wildman–Crippen MR) is 77.0 cm³/mol. The molecule has 1 unspecified atom stereocenters. The molecule has 1 atom stereocenters. The van der Waals surface area contributed by atoms with E-state index in [-0.39, 0.29) is 16.5 Å². The number of hydrogen-bond donors (Lipinski definition) is 2. The third-order valence-corrected chi connectivity index (χ3v) is 3.35. The first-order valence-corrected chi connectivity index (χ1v) is 6.66. The van der Waals surface area contributed by atoms with Gasteiger partial charge in [0.2, 0.25) is 5.91 Å². The highest BCUT2D eigenvalue weighted by Gasteiger charge is 2.21. The van der Waals surface area contributed by atoms with E-state index >= 15 is 0 Å². The molecule has 1 aromatic carbocycles. The zero-order valence-corrected chi connectivity index (χ0v) is 12.4. The highest BCUT2D eigenvalue weighted by molar-refractivity contribution is 6.30. The van der Waals surface area contributed by atoms with Gasteiger partial charge in [-0.15, -0.1) is 0 Å². The van der Waals surface area contributed by atoms with Gasteiger partial charge in [-0.05, 0) is 45.4 Å². The third kappa shape index (κ3) is 4.71.